The van der Waals surface area contributed by atoms with Gasteiger partial charge in [-0.05, 0) is 76.9 Å². The van der Waals surface area contributed by atoms with E-state index in [1.807, 2.05) is 12.1 Å². The Balaban J connectivity index is 1.53. The molecule has 1 aliphatic heterocycles. The number of hydrogen-bond acceptors (Lipinski definition) is 4. The van der Waals surface area contributed by atoms with E-state index in [-0.39, 0.29) is 23.3 Å². The zero-order valence-electron chi connectivity index (χ0n) is 18.7. The molecule has 0 saturated heterocycles. The van der Waals surface area contributed by atoms with Crippen LogP contribution in [0.2, 0.25) is 0 Å². The van der Waals surface area contributed by atoms with Gasteiger partial charge in [-0.25, -0.2) is 5.01 Å². The number of thiophene rings is 2. The van der Waals surface area contributed by atoms with E-state index in [9.17, 15) is 4.79 Å². The van der Waals surface area contributed by atoms with Crippen molar-refractivity contribution in [3.05, 3.63) is 85.7 Å². The summed E-state index contributed by atoms with van der Waals surface area (Å²) in [5.74, 6) is 0.243. The zero-order chi connectivity index (χ0) is 22.3. The van der Waals surface area contributed by atoms with Gasteiger partial charge in [-0.15, -0.1) is 22.7 Å². The minimum Gasteiger partial charge on any atom is -0.267 e. The molecule has 2 aliphatic rings. The van der Waals surface area contributed by atoms with E-state index in [2.05, 4.69) is 74.0 Å². The largest absolute Gasteiger partial charge is 0.274 e. The van der Waals surface area contributed by atoms with Gasteiger partial charge < -0.3 is 0 Å². The summed E-state index contributed by atoms with van der Waals surface area (Å²) < 4.78 is 0. The van der Waals surface area contributed by atoms with Crippen LogP contribution in [0.3, 0.4) is 0 Å². The second kappa shape index (κ2) is 8.45. The average Bonchev–Trinajstić information content (AvgIpc) is 3.53. The highest BCUT2D eigenvalue weighted by Crippen LogP contribution is 2.46. The third-order valence-electron chi connectivity index (χ3n) is 6.40. The van der Waals surface area contributed by atoms with Crippen molar-refractivity contribution < 1.29 is 4.79 Å². The van der Waals surface area contributed by atoms with Gasteiger partial charge in [0.2, 0.25) is 0 Å². The number of rotatable bonds is 3. The molecular weight excluding hydrogens is 432 g/mol. The topological polar surface area (TPSA) is 32.7 Å². The van der Waals surface area contributed by atoms with Crippen LogP contribution in [-0.4, -0.2) is 16.6 Å². The van der Waals surface area contributed by atoms with E-state index in [0.717, 1.165) is 25.0 Å². The molecule has 32 heavy (non-hydrogen) atoms. The van der Waals surface area contributed by atoms with Crippen LogP contribution in [0.4, 0.5) is 0 Å². The predicted molar refractivity (Wildman–Crippen MR) is 135 cm³/mol. The molecule has 0 radical (unpaired) electrons. The van der Waals surface area contributed by atoms with Gasteiger partial charge in [-0.1, -0.05) is 45.0 Å². The summed E-state index contributed by atoms with van der Waals surface area (Å²) in [6.07, 6.45) is 5.49. The lowest BCUT2D eigenvalue weighted by atomic mass is 9.79. The van der Waals surface area contributed by atoms with Gasteiger partial charge in [0.1, 0.15) is 0 Å². The first kappa shape index (κ1) is 21.4. The van der Waals surface area contributed by atoms with Crippen molar-refractivity contribution in [1.82, 2.24) is 5.01 Å². The van der Waals surface area contributed by atoms with Gasteiger partial charge in [0.05, 0.1) is 11.8 Å². The summed E-state index contributed by atoms with van der Waals surface area (Å²) in [5.41, 5.74) is 4.37. The molecule has 0 unspecified atom stereocenters. The Kier molecular flexibility index (Phi) is 5.64. The van der Waals surface area contributed by atoms with E-state index in [4.69, 9.17) is 5.10 Å². The van der Waals surface area contributed by atoms with Crippen LogP contribution >= 0.6 is 22.7 Å². The lowest BCUT2D eigenvalue weighted by Gasteiger charge is -2.28. The lowest BCUT2D eigenvalue weighted by Crippen LogP contribution is -2.31. The highest BCUT2D eigenvalue weighted by molar-refractivity contribution is 7.11. The van der Waals surface area contributed by atoms with Crippen LogP contribution in [0.1, 0.15) is 71.8 Å². The summed E-state index contributed by atoms with van der Waals surface area (Å²) in [4.78, 5) is 16.1. The summed E-state index contributed by atoms with van der Waals surface area (Å²) in [6.45, 7) is 6.57. The average molecular weight is 461 g/mol. The molecule has 1 saturated carbocycles. The first-order chi connectivity index (χ1) is 15.4. The quantitative estimate of drug-likeness (QED) is 0.397. The molecule has 1 amide bonds. The number of hydrazone groups is 1. The maximum absolute atomic E-state index is 13.7. The predicted octanol–water partition coefficient (Wildman–Crippen LogP) is 7.54. The molecule has 5 rings (SSSR count). The SMILES string of the molecule is CC(C)(C)c1ccc(C(=O)N2N=C3/C(=C\c4cccs4)CCC[C@H]3[C@@H]2c2cccs2)cc1. The Morgan fingerprint density at radius 3 is 2.47 bits per heavy atom. The Hall–Kier alpha value is -2.50. The van der Waals surface area contributed by atoms with Crippen molar-refractivity contribution in [2.75, 3.05) is 0 Å². The van der Waals surface area contributed by atoms with E-state index in [1.54, 1.807) is 27.7 Å². The molecule has 164 valence electrons. The van der Waals surface area contributed by atoms with Crippen LogP contribution in [0, 0.1) is 5.92 Å². The molecule has 0 bridgehead atoms. The number of nitrogens with zero attached hydrogens (tertiary/aromatic N) is 2. The van der Waals surface area contributed by atoms with Crippen molar-refractivity contribution in [1.29, 1.82) is 0 Å². The van der Waals surface area contributed by atoms with Crippen molar-refractivity contribution in [2.45, 2.75) is 51.5 Å². The zero-order valence-corrected chi connectivity index (χ0v) is 20.4. The first-order valence-electron chi connectivity index (χ1n) is 11.2. The van der Waals surface area contributed by atoms with Crippen molar-refractivity contribution >= 4 is 40.4 Å². The van der Waals surface area contributed by atoms with Gasteiger partial charge >= 0.3 is 0 Å². The standard InChI is InChI=1S/C27H28N2OS2/c1-27(2,3)20-13-11-18(12-14-20)26(30)29-25(23-10-6-16-32-23)22-9-4-7-19(24(22)28-29)17-21-8-5-15-31-21/h5-6,8,10-17,22,25H,4,7,9H2,1-3H3/b19-17-/t22-,25-/m1/s1. The Morgan fingerprint density at radius 2 is 1.81 bits per heavy atom. The normalized spacial score (nSPS) is 22.2. The lowest BCUT2D eigenvalue weighted by molar-refractivity contribution is 0.0684. The second-order valence-corrected chi connectivity index (χ2v) is 11.6. The summed E-state index contributed by atoms with van der Waals surface area (Å²) in [6, 6.07) is 16.5. The number of carbonyl (C=O) groups excluding carboxylic acids is 1. The van der Waals surface area contributed by atoms with Gasteiger partial charge in [0.15, 0.2) is 0 Å². The van der Waals surface area contributed by atoms with E-state index in [0.29, 0.717) is 5.56 Å². The number of carbonyl (C=O) groups is 1. The highest BCUT2D eigenvalue weighted by Gasteiger charge is 2.44. The summed E-state index contributed by atoms with van der Waals surface area (Å²) in [7, 11) is 0. The molecule has 0 spiro atoms. The number of fused-ring (bicyclic) bond motifs is 1. The first-order valence-corrected chi connectivity index (χ1v) is 13.0. The number of allylic oxidation sites excluding steroid dienone is 1. The molecule has 0 N–H and O–H groups in total. The minimum atomic E-state index is -0.0215. The smallest absolute Gasteiger partial charge is 0.267 e. The van der Waals surface area contributed by atoms with Gasteiger partial charge in [0, 0.05) is 21.2 Å². The van der Waals surface area contributed by atoms with Gasteiger partial charge in [-0.2, -0.15) is 5.10 Å². The Bertz CT molecular complexity index is 1150. The van der Waals surface area contributed by atoms with Crippen molar-refractivity contribution in [3.8, 4) is 0 Å². The molecule has 1 aromatic carbocycles. The highest BCUT2D eigenvalue weighted by atomic mass is 32.1. The molecule has 5 heteroatoms. The van der Waals surface area contributed by atoms with Crippen LogP contribution in [-0.2, 0) is 5.41 Å². The summed E-state index contributed by atoms with van der Waals surface area (Å²) >= 11 is 3.47. The van der Waals surface area contributed by atoms with E-state index < -0.39 is 0 Å². The fourth-order valence-electron chi connectivity index (χ4n) is 4.70. The molecule has 3 aromatic rings. The molecule has 3 nitrogen and oxygen atoms in total. The second-order valence-electron chi connectivity index (χ2n) is 9.61. The summed E-state index contributed by atoms with van der Waals surface area (Å²) in [5, 5.41) is 11.0. The van der Waals surface area contributed by atoms with Crippen molar-refractivity contribution in [2.24, 2.45) is 11.0 Å². The van der Waals surface area contributed by atoms with Crippen LogP contribution < -0.4 is 0 Å². The Morgan fingerprint density at radius 1 is 1.06 bits per heavy atom. The van der Waals surface area contributed by atoms with Crippen molar-refractivity contribution in [3.63, 3.8) is 0 Å². The van der Waals surface area contributed by atoms with Gasteiger partial charge in [-0.3, -0.25) is 4.79 Å². The van der Waals surface area contributed by atoms with Gasteiger partial charge in [0.25, 0.3) is 5.91 Å². The number of benzene rings is 1. The third-order valence-corrected chi connectivity index (χ3v) is 8.16. The molecule has 3 heterocycles. The maximum Gasteiger partial charge on any atom is 0.274 e. The molecule has 1 fully saturated rings. The molecule has 2 atom stereocenters. The fourth-order valence-corrected chi connectivity index (χ4v) is 6.25. The van der Waals surface area contributed by atoms with Crippen LogP contribution in [0.15, 0.2) is 70.0 Å². The molecule has 2 aromatic heterocycles. The maximum atomic E-state index is 13.7. The number of amides is 1. The molecule has 1 aliphatic carbocycles. The van der Waals surface area contributed by atoms with E-state index >= 15 is 0 Å². The minimum absolute atomic E-state index is 0.0127. The molecular formula is C27H28N2OS2. The van der Waals surface area contributed by atoms with Crippen LogP contribution in [0.5, 0.6) is 0 Å². The monoisotopic (exact) mass is 460 g/mol. The van der Waals surface area contributed by atoms with Crippen LogP contribution in [0.25, 0.3) is 6.08 Å². The fraction of sp³-hybridized carbons (Fsp3) is 0.333. The third kappa shape index (κ3) is 4.00. The Labute approximate surface area is 198 Å². The van der Waals surface area contributed by atoms with E-state index in [1.165, 1.54) is 20.9 Å². The number of hydrogen-bond donors (Lipinski definition) is 0.